The van der Waals surface area contributed by atoms with Crippen LogP contribution in [-0.4, -0.2) is 10.4 Å². The minimum absolute atomic E-state index is 0. The van der Waals surface area contributed by atoms with Crippen molar-refractivity contribution in [3.8, 4) is 0 Å². The smallest absolute Gasteiger partial charge is 0.151 e. The second-order valence-corrected chi connectivity index (χ2v) is 3.15. The van der Waals surface area contributed by atoms with Crippen LogP contribution in [0.3, 0.4) is 0 Å². The SMILES string of the molecule is Br.CC(C)SC(=N)N. The van der Waals surface area contributed by atoms with Crippen molar-refractivity contribution in [1.82, 2.24) is 0 Å². The standard InChI is InChI=1S/C4H10N2S.BrH/c1-3(2)7-4(5)6;/h3H,1-2H3,(H3,5,6);1H. The van der Waals surface area contributed by atoms with E-state index >= 15 is 0 Å². The van der Waals surface area contributed by atoms with E-state index in [4.69, 9.17) is 11.1 Å². The molecular weight excluding hydrogens is 188 g/mol. The fourth-order valence-corrected chi connectivity index (χ4v) is 0.762. The maximum absolute atomic E-state index is 6.77. The highest BCUT2D eigenvalue weighted by Gasteiger charge is 1.93. The van der Waals surface area contributed by atoms with Crippen LogP contribution in [0.15, 0.2) is 0 Å². The average molecular weight is 199 g/mol. The summed E-state index contributed by atoms with van der Waals surface area (Å²) in [5, 5.41) is 7.41. The fourth-order valence-electron chi connectivity index (χ4n) is 0.254. The molecule has 0 rings (SSSR count). The Labute approximate surface area is 64.5 Å². The van der Waals surface area contributed by atoms with E-state index in [2.05, 4.69) is 0 Å². The molecule has 0 spiro atoms. The van der Waals surface area contributed by atoms with Crippen LogP contribution in [0.4, 0.5) is 0 Å². The van der Waals surface area contributed by atoms with Crippen LogP contribution in [0.25, 0.3) is 0 Å². The van der Waals surface area contributed by atoms with Crippen molar-refractivity contribution < 1.29 is 0 Å². The van der Waals surface area contributed by atoms with Gasteiger partial charge in [-0.1, -0.05) is 25.6 Å². The molecule has 4 heteroatoms. The molecule has 0 aliphatic carbocycles. The van der Waals surface area contributed by atoms with E-state index < -0.39 is 0 Å². The second-order valence-electron chi connectivity index (χ2n) is 1.53. The molecule has 8 heavy (non-hydrogen) atoms. The Morgan fingerprint density at radius 2 is 2.00 bits per heavy atom. The molecule has 0 aromatic carbocycles. The third-order valence-corrected chi connectivity index (χ3v) is 1.09. The Balaban J connectivity index is 0. The number of nitrogens with two attached hydrogens (primary N) is 1. The fraction of sp³-hybridized carbons (Fsp3) is 0.750. The van der Waals surface area contributed by atoms with Gasteiger partial charge in [0.05, 0.1) is 0 Å². The lowest BCUT2D eigenvalue weighted by atomic mass is 10.6. The van der Waals surface area contributed by atoms with E-state index in [1.54, 1.807) is 0 Å². The highest BCUT2D eigenvalue weighted by molar-refractivity contribution is 8.93. The van der Waals surface area contributed by atoms with Crippen molar-refractivity contribution >= 4 is 33.9 Å². The summed E-state index contributed by atoms with van der Waals surface area (Å²) in [7, 11) is 0. The van der Waals surface area contributed by atoms with E-state index in [-0.39, 0.29) is 22.1 Å². The molecule has 0 aliphatic rings. The minimum Gasteiger partial charge on any atom is -0.379 e. The van der Waals surface area contributed by atoms with Crippen LogP contribution in [0.5, 0.6) is 0 Å². The van der Waals surface area contributed by atoms with Crippen LogP contribution < -0.4 is 5.73 Å². The lowest BCUT2D eigenvalue weighted by Crippen LogP contribution is -2.06. The van der Waals surface area contributed by atoms with Gasteiger partial charge in [-0.25, -0.2) is 0 Å². The van der Waals surface area contributed by atoms with Gasteiger partial charge in [0.25, 0.3) is 0 Å². The van der Waals surface area contributed by atoms with Crippen molar-refractivity contribution in [3.05, 3.63) is 0 Å². The van der Waals surface area contributed by atoms with Gasteiger partial charge < -0.3 is 5.73 Å². The summed E-state index contributed by atoms with van der Waals surface area (Å²) in [5.41, 5.74) is 5.04. The molecule has 0 aliphatic heterocycles. The molecule has 0 aromatic heterocycles. The zero-order valence-corrected chi connectivity index (χ0v) is 7.50. The summed E-state index contributed by atoms with van der Waals surface area (Å²) in [6.07, 6.45) is 0. The number of rotatable bonds is 1. The lowest BCUT2D eigenvalue weighted by molar-refractivity contribution is 1.12. The molecule has 0 atom stereocenters. The van der Waals surface area contributed by atoms with Crippen LogP contribution in [-0.2, 0) is 0 Å². The van der Waals surface area contributed by atoms with Gasteiger partial charge in [0, 0.05) is 5.25 Å². The highest BCUT2D eigenvalue weighted by Crippen LogP contribution is 2.05. The zero-order valence-electron chi connectivity index (χ0n) is 4.97. The monoisotopic (exact) mass is 198 g/mol. The zero-order chi connectivity index (χ0) is 5.86. The number of hydrogen-bond acceptors (Lipinski definition) is 2. The quantitative estimate of drug-likeness (QED) is 0.497. The van der Waals surface area contributed by atoms with Crippen molar-refractivity contribution in [2.45, 2.75) is 19.1 Å². The molecule has 0 unspecified atom stereocenters. The average Bonchev–Trinajstić information content (AvgIpc) is 1.27. The highest BCUT2D eigenvalue weighted by atomic mass is 79.9. The molecule has 3 N–H and O–H groups in total. The van der Waals surface area contributed by atoms with Crippen molar-refractivity contribution in [2.75, 3.05) is 0 Å². The number of hydrogen-bond donors (Lipinski definition) is 2. The number of thioether (sulfide) groups is 1. The lowest BCUT2D eigenvalue weighted by Gasteiger charge is -1.97. The number of nitrogens with one attached hydrogen (secondary N) is 1. The maximum Gasteiger partial charge on any atom is 0.151 e. The Morgan fingerprint density at radius 3 is 2.00 bits per heavy atom. The van der Waals surface area contributed by atoms with Gasteiger partial charge in [0.2, 0.25) is 0 Å². The summed E-state index contributed by atoms with van der Waals surface area (Å²) < 4.78 is 0. The first kappa shape index (κ1) is 11.1. The molecule has 0 radical (unpaired) electrons. The van der Waals surface area contributed by atoms with E-state index in [1.165, 1.54) is 11.8 Å². The normalized spacial score (nSPS) is 8.38. The van der Waals surface area contributed by atoms with Gasteiger partial charge in [-0.15, -0.1) is 17.0 Å². The van der Waals surface area contributed by atoms with Crippen LogP contribution in [0, 0.1) is 5.41 Å². The molecular formula is C4H11BrN2S. The van der Waals surface area contributed by atoms with Crippen molar-refractivity contribution in [3.63, 3.8) is 0 Å². The van der Waals surface area contributed by atoms with Crippen LogP contribution in [0.1, 0.15) is 13.8 Å². The Morgan fingerprint density at radius 1 is 1.62 bits per heavy atom. The topological polar surface area (TPSA) is 49.9 Å². The summed E-state index contributed by atoms with van der Waals surface area (Å²) in [4.78, 5) is 0. The second kappa shape index (κ2) is 5.44. The molecule has 2 nitrogen and oxygen atoms in total. The van der Waals surface area contributed by atoms with Crippen molar-refractivity contribution in [1.29, 1.82) is 5.41 Å². The van der Waals surface area contributed by atoms with Crippen molar-refractivity contribution in [2.24, 2.45) is 5.73 Å². The predicted octanol–water partition coefficient (Wildman–Crippen LogP) is 1.60. The van der Waals surface area contributed by atoms with Crippen LogP contribution in [0.2, 0.25) is 0 Å². The summed E-state index contributed by atoms with van der Waals surface area (Å²) in [6, 6.07) is 0. The molecule has 0 saturated carbocycles. The predicted molar refractivity (Wildman–Crippen MR) is 45.0 cm³/mol. The van der Waals surface area contributed by atoms with Gasteiger partial charge in [0.1, 0.15) is 0 Å². The summed E-state index contributed by atoms with van der Waals surface area (Å²) in [6.45, 7) is 4.01. The van der Waals surface area contributed by atoms with Crippen LogP contribution >= 0.6 is 28.7 Å². The van der Waals surface area contributed by atoms with E-state index in [1.807, 2.05) is 13.8 Å². The molecule has 0 fully saturated rings. The largest absolute Gasteiger partial charge is 0.379 e. The van der Waals surface area contributed by atoms with Gasteiger partial charge in [-0.05, 0) is 0 Å². The third kappa shape index (κ3) is 9.57. The molecule has 0 bridgehead atoms. The van der Waals surface area contributed by atoms with Gasteiger partial charge in [0.15, 0.2) is 5.17 Å². The third-order valence-electron chi connectivity index (χ3n) is 0.363. The first-order valence-electron chi connectivity index (χ1n) is 2.13. The van der Waals surface area contributed by atoms with Gasteiger partial charge in [-0.2, -0.15) is 0 Å². The molecule has 50 valence electrons. The first-order valence-corrected chi connectivity index (χ1v) is 3.01. The van der Waals surface area contributed by atoms with E-state index in [0.717, 1.165) is 0 Å². The number of halogens is 1. The van der Waals surface area contributed by atoms with E-state index in [9.17, 15) is 0 Å². The Kier molecular flexibility index (Phi) is 7.57. The maximum atomic E-state index is 6.77. The first-order chi connectivity index (χ1) is 3.13. The Hall–Kier alpha value is 0.300. The molecule has 0 heterocycles. The molecule has 0 amide bonds. The number of amidine groups is 1. The molecule has 0 aromatic rings. The Bertz CT molecular complexity index is 74.4. The summed E-state index contributed by atoms with van der Waals surface area (Å²) in [5.74, 6) is 0. The molecule has 0 saturated heterocycles. The van der Waals surface area contributed by atoms with Gasteiger partial charge >= 0.3 is 0 Å². The van der Waals surface area contributed by atoms with E-state index in [0.29, 0.717) is 5.25 Å². The minimum atomic E-state index is 0. The van der Waals surface area contributed by atoms with Gasteiger partial charge in [-0.3, -0.25) is 5.41 Å². The summed E-state index contributed by atoms with van der Waals surface area (Å²) >= 11 is 1.37.